The lowest BCUT2D eigenvalue weighted by molar-refractivity contribution is 0.367. The van der Waals surface area contributed by atoms with E-state index in [4.69, 9.17) is 4.52 Å². The highest BCUT2D eigenvalue weighted by Gasteiger charge is 2.03. The number of benzene rings is 2. The van der Waals surface area contributed by atoms with Crippen LogP contribution in [0.25, 0.3) is 0 Å². The lowest BCUT2D eigenvalue weighted by Crippen LogP contribution is -1.95. The maximum atomic E-state index is 5.81. The average molecular weight is 286 g/mol. The van der Waals surface area contributed by atoms with Gasteiger partial charge in [-0.2, -0.15) is 0 Å². The molecule has 0 spiro atoms. The first-order valence-corrected chi connectivity index (χ1v) is 8.23. The van der Waals surface area contributed by atoms with Gasteiger partial charge >= 0.3 is 0 Å². The van der Waals surface area contributed by atoms with Crippen molar-refractivity contribution < 1.29 is 4.52 Å². The Morgan fingerprint density at radius 1 is 0.950 bits per heavy atom. The molecule has 0 saturated heterocycles. The summed E-state index contributed by atoms with van der Waals surface area (Å²) >= 11 is 0. The lowest BCUT2D eigenvalue weighted by atomic mass is 10.0. The molecule has 1 nitrogen and oxygen atoms in total. The zero-order valence-electron chi connectivity index (χ0n) is 12.6. The normalized spacial score (nSPS) is 11.3. The van der Waals surface area contributed by atoms with Crippen molar-refractivity contribution >= 4 is 8.81 Å². The Bertz CT molecular complexity index is 526. The molecule has 0 aromatic heterocycles. The maximum absolute atomic E-state index is 5.81. The van der Waals surface area contributed by atoms with Gasteiger partial charge in [0, 0.05) is 15.0 Å². The summed E-state index contributed by atoms with van der Waals surface area (Å²) in [5.41, 5.74) is 6.93. The van der Waals surface area contributed by atoms with E-state index >= 15 is 0 Å². The topological polar surface area (TPSA) is 9.23 Å². The molecule has 2 rings (SSSR count). The van der Waals surface area contributed by atoms with E-state index in [1.807, 2.05) is 0 Å². The van der Waals surface area contributed by atoms with Crippen molar-refractivity contribution in [1.29, 1.82) is 0 Å². The Morgan fingerprint density at radius 3 is 2.25 bits per heavy atom. The van der Waals surface area contributed by atoms with Gasteiger partial charge in [0.2, 0.25) is 0 Å². The summed E-state index contributed by atoms with van der Waals surface area (Å²) in [7, 11) is 0.551. The molecule has 0 bridgehead atoms. The molecule has 0 aliphatic heterocycles. The third-order valence-corrected chi connectivity index (χ3v) is 4.43. The molecule has 0 fully saturated rings. The van der Waals surface area contributed by atoms with Gasteiger partial charge in [0.15, 0.2) is 0 Å². The number of hydrogen-bond donors (Lipinski definition) is 0. The highest BCUT2D eigenvalue weighted by atomic mass is 31.1. The fraction of sp³-hybridized carbons (Fsp3) is 0.333. The second-order valence-electron chi connectivity index (χ2n) is 5.28. The van der Waals surface area contributed by atoms with Gasteiger partial charge in [-0.3, -0.25) is 0 Å². The van der Waals surface area contributed by atoms with Crippen molar-refractivity contribution in [2.45, 2.75) is 33.4 Å². The molecule has 106 valence electrons. The first kappa shape index (κ1) is 15.2. The monoisotopic (exact) mass is 286 g/mol. The molecular formula is C18H23OP. The largest absolute Gasteiger partial charge is 0.362 e. The van der Waals surface area contributed by atoms with Crippen molar-refractivity contribution in [2.75, 3.05) is 6.61 Å². The molecule has 0 N–H and O–H groups in total. The molecule has 2 heteroatoms. The van der Waals surface area contributed by atoms with Gasteiger partial charge in [0.1, 0.15) is 0 Å². The van der Waals surface area contributed by atoms with E-state index in [0.717, 1.165) is 19.2 Å². The Labute approximate surface area is 124 Å². The Balaban J connectivity index is 1.76. The van der Waals surface area contributed by atoms with E-state index < -0.39 is 0 Å². The van der Waals surface area contributed by atoms with Crippen LogP contribution in [0, 0.1) is 20.8 Å². The highest BCUT2D eigenvalue weighted by Crippen LogP contribution is 2.26. The molecule has 1 unspecified atom stereocenters. The van der Waals surface area contributed by atoms with Crippen LogP contribution in [0.15, 0.2) is 42.5 Å². The Morgan fingerprint density at radius 2 is 1.60 bits per heavy atom. The van der Waals surface area contributed by atoms with Gasteiger partial charge in [0.25, 0.3) is 0 Å². The van der Waals surface area contributed by atoms with E-state index in [0.29, 0.717) is 8.81 Å². The predicted octanol–water partition coefficient (Wildman–Crippen LogP) is 4.96. The van der Waals surface area contributed by atoms with Crippen LogP contribution in [0.1, 0.15) is 27.8 Å². The maximum Gasteiger partial charge on any atom is 0.0546 e. The van der Waals surface area contributed by atoms with Crippen molar-refractivity contribution in [2.24, 2.45) is 0 Å². The number of rotatable bonds is 6. The van der Waals surface area contributed by atoms with Gasteiger partial charge in [-0.1, -0.05) is 48.0 Å². The molecule has 0 aliphatic carbocycles. The van der Waals surface area contributed by atoms with Crippen LogP contribution in [-0.4, -0.2) is 6.61 Å². The first-order chi connectivity index (χ1) is 9.66. The van der Waals surface area contributed by atoms with Crippen LogP contribution >= 0.6 is 8.81 Å². The number of hydrogen-bond acceptors (Lipinski definition) is 1. The molecule has 0 heterocycles. The second-order valence-corrected chi connectivity index (χ2v) is 6.21. The summed E-state index contributed by atoms with van der Waals surface area (Å²) in [6, 6.07) is 15.0. The van der Waals surface area contributed by atoms with Crippen LogP contribution in [0.2, 0.25) is 0 Å². The predicted molar refractivity (Wildman–Crippen MR) is 88.8 cm³/mol. The lowest BCUT2D eigenvalue weighted by Gasteiger charge is -2.11. The summed E-state index contributed by atoms with van der Waals surface area (Å²) in [6.07, 6.45) is 2.03. The molecule has 0 amide bonds. The molecule has 20 heavy (non-hydrogen) atoms. The fourth-order valence-corrected chi connectivity index (χ4v) is 3.55. The minimum absolute atomic E-state index is 0.551. The standard InChI is InChI=1S/C18H23OP/c1-14-11-15(2)18(16(3)12-14)13-20-19-10-9-17-7-5-4-6-8-17/h4-8,11-12,20H,9-10,13H2,1-3H3. The minimum Gasteiger partial charge on any atom is -0.362 e. The molecule has 2 aromatic carbocycles. The highest BCUT2D eigenvalue weighted by molar-refractivity contribution is 7.31. The Kier molecular flexibility index (Phi) is 5.76. The average Bonchev–Trinajstić information content (AvgIpc) is 2.42. The first-order valence-electron chi connectivity index (χ1n) is 7.12. The van der Waals surface area contributed by atoms with Crippen LogP contribution in [-0.2, 0) is 17.1 Å². The second kappa shape index (κ2) is 7.57. The van der Waals surface area contributed by atoms with Gasteiger partial charge in [-0.15, -0.1) is 0 Å². The van der Waals surface area contributed by atoms with E-state index in [1.54, 1.807) is 0 Å². The van der Waals surface area contributed by atoms with E-state index in [-0.39, 0.29) is 0 Å². The summed E-state index contributed by atoms with van der Waals surface area (Å²) in [5.74, 6) is 0. The van der Waals surface area contributed by atoms with Gasteiger partial charge in [0.05, 0.1) is 6.61 Å². The molecule has 0 saturated carbocycles. The van der Waals surface area contributed by atoms with Crippen LogP contribution < -0.4 is 0 Å². The van der Waals surface area contributed by atoms with Gasteiger partial charge in [-0.25, -0.2) is 0 Å². The molecule has 1 atom stereocenters. The molecule has 2 aromatic rings. The van der Waals surface area contributed by atoms with Gasteiger partial charge < -0.3 is 4.52 Å². The summed E-state index contributed by atoms with van der Waals surface area (Å²) in [5, 5.41) is 0. The quantitative estimate of drug-likeness (QED) is 0.538. The van der Waals surface area contributed by atoms with E-state index in [9.17, 15) is 0 Å². The van der Waals surface area contributed by atoms with Crippen molar-refractivity contribution in [3.8, 4) is 0 Å². The third-order valence-electron chi connectivity index (χ3n) is 3.53. The van der Waals surface area contributed by atoms with Crippen molar-refractivity contribution in [1.82, 2.24) is 0 Å². The van der Waals surface area contributed by atoms with Crippen LogP contribution in [0.4, 0.5) is 0 Å². The zero-order chi connectivity index (χ0) is 14.4. The third kappa shape index (κ3) is 4.44. The van der Waals surface area contributed by atoms with Crippen molar-refractivity contribution in [3.63, 3.8) is 0 Å². The summed E-state index contributed by atoms with van der Waals surface area (Å²) < 4.78 is 5.81. The smallest absolute Gasteiger partial charge is 0.0546 e. The van der Waals surface area contributed by atoms with E-state index in [2.05, 4.69) is 63.2 Å². The fourth-order valence-electron chi connectivity index (χ4n) is 2.50. The van der Waals surface area contributed by atoms with Crippen molar-refractivity contribution in [3.05, 3.63) is 70.3 Å². The summed E-state index contributed by atoms with van der Waals surface area (Å²) in [4.78, 5) is 0. The van der Waals surface area contributed by atoms with Crippen LogP contribution in [0.3, 0.4) is 0 Å². The zero-order valence-corrected chi connectivity index (χ0v) is 13.6. The van der Waals surface area contributed by atoms with Crippen LogP contribution in [0.5, 0.6) is 0 Å². The van der Waals surface area contributed by atoms with Gasteiger partial charge in [-0.05, 0) is 49.4 Å². The summed E-state index contributed by atoms with van der Waals surface area (Å²) in [6.45, 7) is 7.36. The minimum atomic E-state index is 0.551. The SMILES string of the molecule is Cc1cc(C)c(CPOCCc2ccccc2)c(C)c1. The molecule has 0 aliphatic rings. The molecular weight excluding hydrogens is 263 g/mol. The molecule has 0 radical (unpaired) electrons. The van der Waals surface area contributed by atoms with E-state index in [1.165, 1.54) is 27.8 Å². The Hall–Kier alpha value is -1.17. The number of aryl methyl sites for hydroxylation is 3.